The summed E-state index contributed by atoms with van der Waals surface area (Å²) in [5, 5.41) is 12.5. The summed E-state index contributed by atoms with van der Waals surface area (Å²) in [5.74, 6) is 0.777. The molecule has 2 aromatic carbocycles. The molecule has 0 radical (unpaired) electrons. The SMILES string of the molecule is COc1ccc(C(=NO)c2ccccc2)cc1. The molecule has 17 heavy (non-hydrogen) atoms. The minimum atomic E-state index is 0.549. The standard InChI is InChI=1S/C14H13NO2/c1-17-13-9-7-12(8-10-13)14(15-16)11-5-3-2-4-6-11/h2-10,16H,1H3. The molecule has 0 atom stereocenters. The zero-order valence-corrected chi connectivity index (χ0v) is 9.50. The Morgan fingerprint density at radius 2 is 1.53 bits per heavy atom. The first-order chi connectivity index (χ1) is 8.35. The monoisotopic (exact) mass is 227 g/mol. The molecule has 0 aliphatic rings. The van der Waals surface area contributed by atoms with E-state index < -0.39 is 0 Å². The zero-order valence-electron chi connectivity index (χ0n) is 9.50. The van der Waals surface area contributed by atoms with Crippen LogP contribution in [0.1, 0.15) is 11.1 Å². The van der Waals surface area contributed by atoms with Gasteiger partial charge in [-0.2, -0.15) is 0 Å². The van der Waals surface area contributed by atoms with E-state index >= 15 is 0 Å². The first-order valence-electron chi connectivity index (χ1n) is 5.27. The Bertz CT molecular complexity index is 504. The van der Waals surface area contributed by atoms with Crippen molar-refractivity contribution < 1.29 is 9.94 Å². The van der Waals surface area contributed by atoms with Crippen LogP contribution in [0.5, 0.6) is 5.75 Å². The van der Waals surface area contributed by atoms with Crippen LogP contribution >= 0.6 is 0 Å². The second kappa shape index (κ2) is 5.16. The van der Waals surface area contributed by atoms with Crippen molar-refractivity contribution in [2.45, 2.75) is 0 Å². The molecular weight excluding hydrogens is 214 g/mol. The van der Waals surface area contributed by atoms with Gasteiger partial charge >= 0.3 is 0 Å². The number of oxime groups is 1. The normalized spacial score (nSPS) is 11.2. The van der Waals surface area contributed by atoms with Crippen LogP contribution in [0.3, 0.4) is 0 Å². The molecule has 0 aliphatic carbocycles. The van der Waals surface area contributed by atoms with Crippen molar-refractivity contribution in [1.82, 2.24) is 0 Å². The summed E-state index contributed by atoms with van der Waals surface area (Å²) >= 11 is 0. The van der Waals surface area contributed by atoms with E-state index in [-0.39, 0.29) is 0 Å². The number of rotatable bonds is 3. The Balaban J connectivity index is 2.37. The largest absolute Gasteiger partial charge is 0.497 e. The van der Waals surface area contributed by atoms with Gasteiger partial charge in [0.05, 0.1) is 7.11 Å². The Morgan fingerprint density at radius 3 is 2.06 bits per heavy atom. The number of benzene rings is 2. The predicted octanol–water partition coefficient (Wildman–Crippen LogP) is 2.92. The van der Waals surface area contributed by atoms with Crippen LogP contribution in [0.15, 0.2) is 59.8 Å². The third-order valence-electron chi connectivity index (χ3n) is 2.51. The lowest BCUT2D eigenvalue weighted by Crippen LogP contribution is -2.02. The molecule has 0 saturated carbocycles. The molecule has 0 unspecified atom stereocenters. The third kappa shape index (κ3) is 2.45. The molecular formula is C14H13NO2. The van der Waals surface area contributed by atoms with E-state index in [1.807, 2.05) is 54.6 Å². The van der Waals surface area contributed by atoms with Crippen molar-refractivity contribution in [3.05, 3.63) is 65.7 Å². The van der Waals surface area contributed by atoms with Gasteiger partial charge in [-0.1, -0.05) is 35.5 Å². The average molecular weight is 227 g/mol. The summed E-state index contributed by atoms with van der Waals surface area (Å²) in [6.07, 6.45) is 0. The lowest BCUT2D eigenvalue weighted by molar-refractivity contribution is 0.319. The fourth-order valence-electron chi connectivity index (χ4n) is 1.63. The third-order valence-corrected chi connectivity index (χ3v) is 2.51. The molecule has 0 bridgehead atoms. The lowest BCUT2D eigenvalue weighted by Gasteiger charge is -2.05. The molecule has 0 heterocycles. The van der Waals surface area contributed by atoms with Crippen molar-refractivity contribution >= 4 is 5.71 Å². The van der Waals surface area contributed by atoms with Gasteiger partial charge in [0.1, 0.15) is 11.5 Å². The maximum Gasteiger partial charge on any atom is 0.118 e. The van der Waals surface area contributed by atoms with E-state index in [9.17, 15) is 0 Å². The summed E-state index contributed by atoms with van der Waals surface area (Å²) in [4.78, 5) is 0. The zero-order chi connectivity index (χ0) is 12.1. The molecule has 0 saturated heterocycles. The number of hydrogen-bond acceptors (Lipinski definition) is 3. The minimum absolute atomic E-state index is 0.549. The maximum absolute atomic E-state index is 9.12. The van der Waals surface area contributed by atoms with E-state index in [1.54, 1.807) is 7.11 Å². The van der Waals surface area contributed by atoms with Gasteiger partial charge < -0.3 is 9.94 Å². The van der Waals surface area contributed by atoms with Gasteiger partial charge in [-0.3, -0.25) is 0 Å². The average Bonchev–Trinajstić information content (AvgIpc) is 2.42. The number of nitrogens with zero attached hydrogens (tertiary/aromatic N) is 1. The molecule has 0 amide bonds. The number of ether oxygens (including phenoxy) is 1. The maximum atomic E-state index is 9.12. The number of hydrogen-bond donors (Lipinski definition) is 1. The van der Waals surface area contributed by atoms with Crippen molar-refractivity contribution in [2.75, 3.05) is 7.11 Å². The molecule has 0 aliphatic heterocycles. The van der Waals surface area contributed by atoms with Gasteiger partial charge in [-0.25, -0.2) is 0 Å². The van der Waals surface area contributed by atoms with Gasteiger partial charge in [0.2, 0.25) is 0 Å². The summed E-state index contributed by atoms with van der Waals surface area (Å²) in [7, 11) is 1.62. The van der Waals surface area contributed by atoms with Crippen LogP contribution in [0.4, 0.5) is 0 Å². The Kier molecular flexibility index (Phi) is 3.40. The molecule has 3 nitrogen and oxygen atoms in total. The van der Waals surface area contributed by atoms with E-state index in [2.05, 4.69) is 5.16 Å². The van der Waals surface area contributed by atoms with E-state index in [4.69, 9.17) is 9.94 Å². The molecule has 2 aromatic rings. The summed E-state index contributed by atoms with van der Waals surface area (Å²) in [6, 6.07) is 16.9. The molecule has 0 aromatic heterocycles. The molecule has 3 heteroatoms. The predicted molar refractivity (Wildman–Crippen MR) is 66.9 cm³/mol. The Labute approximate surface area is 100.0 Å². The fraction of sp³-hybridized carbons (Fsp3) is 0.0714. The van der Waals surface area contributed by atoms with Gasteiger partial charge in [0.15, 0.2) is 0 Å². The highest BCUT2D eigenvalue weighted by atomic mass is 16.5. The highest BCUT2D eigenvalue weighted by Gasteiger charge is 2.06. The van der Waals surface area contributed by atoms with Crippen LogP contribution in [0.2, 0.25) is 0 Å². The minimum Gasteiger partial charge on any atom is -0.497 e. The van der Waals surface area contributed by atoms with Gasteiger partial charge in [0.25, 0.3) is 0 Å². The van der Waals surface area contributed by atoms with Crippen molar-refractivity contribution in [2.24, 2.45) is 5.16 Å². The Morgan fingerprint density at radius 1 is 0.941 bits per heavy atom. The van der Waals surface area contributed by atoms with E-state index in [1.165, 1.54) is 0 Å². The number of methoxy groups -OCH3 is 1. The lowest BCUT2D eigenvalue weighted by atomic mass is 10.0. The van der Waals surface area contributed by atoms with Crippen LogP contribution in [0.25, 0.3) is 0 Å². The Hall–Kier alpha value is -2.29. The summed E-state index contributed by atoms with van der Waals surface area (Å²) in [6.45, 7) is 0. The van der Waals surface area contributed by atoms with Crippen LogP contribution in [-0.4, -0.2) is 18.0 Å². The quantitative estimate of drug-likeness (QED) is 0.497. The second-order valence-electron chi connectivity index (χ2n) is 3.54. The molecule has 0 fully saturated rings. The summed E-state index contributed by atoms with van der Waals surface area (Å²) in [5.41, 5.74) is 2.27. The van der Waals surface area contributed by atoms with Crippen molar-refractivity contribution in [3.63, 3.8) is 0 Å². The highest BCUT2D eigenvalue weighted by molar-refractivity contribution is 6.12. The van der Waals surface area contributed by atoms with Gasteiger partial charge in [-0.15, -0.1) is 0 Å². The van der Waals surface area contributed by atoms with Gasteiger partial charge in [0, 0.05) is 11.1 Å². The van der Waals surface area contributed by atoms with Crippen molar-refractivity contribution in [3.8, 4) is 5.75 Å². The highest BCUT2D eigenvalue weighted by Crippen LogP contribution is 2.15. The smallest absolute Gasteiger partial charge is 0.118 e. The molecule has 86 valence electrons. The van der Waals surface area contributed by atoms with E-state index in [0.717, 1.165) is 16.9 Å². The molecule has 0 spiro atoms. The fourth-order valence-corrected chi connectivity index (χ4v) is 1.63. The second-order valence-corrected chi connectivity index (χ2v) is 3.54. The van der Waals surface area contributed by atoms with Crippen LogP contribution in [0, 0.1) is 0 Å². The first-order valence-corrected chi connectivity index (χ1v) is 5.27. The topological polar surface area (TPSA) is 41.8 Å². The molecule has 2 rings (SSSR count). The molecule has 1 N–H and O–H groups in total. The van der Waals surface area contributed by atoms with Gasteiger partial charge in [-0.05, 0) is 24.3 Å². The summed E-state index contributed by atoms with van der Waals surface area (Å²) < 4.78 is 5.09. The van der Waals surface area contributed by atoms with E-state index in [0.29, 0.717) is 5.71 Å². The van der Waals surface area contributed by atoms with Crippen molar-refractivity contribution in [1.29, 1.82) is 0 Å². The first kappa shape index (κ1) is 11.2. The van der Waals surface area contributed by atoms with Crippen LogP contribution < -0.4 is 4.74 Å². The van der Waals surface area contributed by atoms with Crippen LogP contribution in [-0.2, 0) is 0 Å².